The molecule has 2 saturated heterocycles. The van der Waals surface area contributed by atoms with Gasteiger partial charge < -0.3 is 4.90 Å². The van der Waals surface area contributed by atoms with E-state index in [0.29, 0.717) is 13.0 Å². The van der Waals surface area contributed by atoms with Crippen LogP contribution in [0.25, 0.3) is 0 Å². The number of aryl methyl sites for hydroxylation is 2. The Balaban J connectivity index is 1.66. The number of amides is 1. The van der Waals surface area contributed by atoms with Crippen molar-refractivity contribution >= 4 is 15.9 Å². The molecule has 0 radical (unpaired) electrons. The summed E-state index contributed by atoms with van der Waals surface area (Å²) in [5, 5.41) is 0. The quantitative estimate of drug-likeness (QED) is 0.763. The molecule has 3 heterocycles. The first-order chi connectivity index (χ1) is 13.9. The van der Waals surface area contributed by atoms with Crippen LogP contribution in [-0.4, -0.2) is 42.2 Å². The number of rotatable bonds is 2. The van der Waals surface area contributed by atoms with Crippen LogP contribution in [0, 0.1) is 13.8 Å². The largest absolute Gasteiger partial charge is 0.332 e. The maximum atomic E-state index is 13.7. The minimum atomic E-state index is -3.75. The zero-order valence-electron chi connectivity index (χ0n) is 16.8. The Morgan fingerprint density at radius 1 is 1.00 bits per heavy atom. The van der Waals surface area contributed by atoms with Crippen molar-refractivity contribution < 1.29 is 13.2 Å². The van der Waals surface area contributed by atoms with Gasteiger partial charge in [0.1, 0.15) is 6.04 Å². The Hall–Kier alpha value is -2.18. The number of sulfonamides is 1. The van der Waals surface area contributed by atoms with Crippen molar-refractivity contribution in [1.82, 2.24) is 9.21 Å². The van der Waals surface area contributed by atoms with E-state index in [1.54, 1.807) is 22.5 Å². The van der Waals surface area contributed by atoms with Crippen molar-refractivity contribution in [3.05, 3.63) is 64.7 Å². The van der Waals surface area contributed by atoms with Crippen molar-refractivity contribution in [2.45, 2.75) is 62.6 Å². The molecule has 0 spiro atoms. The second-order valence-corrected chi connectivity index (χ2v) is 10.4. The second-order valence-electron chi connectivity index (χ2n) is 8.59. The molecule has 2 fully saturated rings. The van der Waals surface area contributed by atoms with Crippen LogP contribution in [0.2, 0.25) is 0 Å². The van der Waals surface area contributed by atoms with Gasteiger partial charge in [0.25, 0.3) is 0 Å². The van der Waals surface area contributed by atoms with Crippen LogP contribution in [0.1, 0.15) is 47.6 Å². The molecular formula is C23H26N2O3S. The summed E-state index contributed by atoms with van der Waals surface area (Å²) in [6, 6.07) is 12.4. The van der Waals surface area contributed by atoms with Crippen LogP contribution in [0.15, 0.2) is 47.4 Å². The predicted octanol–water partition coefficient (Wildman–Crippen LogP) is 3.35. The number of carbonyl (C=O) groups is 1. The van der Waals surface area contributed by atoms with Crippen LogP contribution < -0.4 is 0 Å². The van der Waals surface area contributed by atoms with Gasteiger partial charge >= 0.3 is 0 Å². The Bertz CT molecular complexity index is 1100. The summed E-state index contributed by atoms with van der Waals surface area (Å²) in [7, 11) is -3.75. The molecule has 3 unspecified atom stereocenters. The number of benzene rings is 2. The number of piperidine rings is 1. The summed E-state index contributed by atoms with van der Waals surface area (Å²) < 4.78 is 29.0. The highest BCUT2D eigenvalue weighted by molar-refractivity contribution is 7.89. The highest BCUT2D eigenvalue weighted by Gasteiger charge is 2.55. The molecule has 6 heteroatoms. The average Bonchev–Trinajstić information content (AvgIpc) is 2.71. The molecule has 5 rings (SSSR count). The van der Waals surface area contributed by atoms with Crippen molar-refractivity contribution in [3.8, 4) is 0 Å². The van der Waals surface area contributed by atoms with Gasteiger partial charge in [-0.25, -0.2) is 8.42 Å². The molecule has 0 aliphatic carbocycles. The highest BCUT2D eigenvalue weighted by Crippen LogP contribution is 2.46. The van der Waals surface area contributed by atoms with E-state index in [1.165, 1.54) is 5.56 Å². The van der Waals surface area contributed by atoms with Crippen molar-refractivity contribution in [2.75, 3.05) is 6.54 Å². The lowest BCUT2D eigenvalue weighted by Crippen LogP contribution is -2.67. The van der Waals surface area contributed by atoms with E-state index in [-0.39, 0.29) is 22.9 Å². The molecule has 2 aromatic rings. The number of nitrogens with zero attached hydrogens (tertiary/aromatic N) is 2. The average molecular weight is 411 g/mol. The maximum Gasteiger partial charge on any atom is 0.244 e. The molecule has 152 valence electrons. The topological polar surface area (TPSA) is 57.7 Å². The van der Waals surface area contributed by atoms with E-state index in [1.807, 2.05) is 17.9 Å². The van der Waals surface area contributed by atoms with Crippen molar-refractivity contribution in [1.29, 1.82) is 0 Å². The monoisotopic (exact) mass is 410 g/mol. The molecule has 2 bridgehead atoms. The molecule has 0 saturated carbocycles. The molecule has 5 nitrogen and oxygen atoms in total. The SMILES string of the molecule is Cc1cccc(S(=O)(=O)N2C3CCCC2C2c4cc(C)ccc4CCN2C3=O)c1. The minimum Gasteiger partial charge on any atom is -0.332 e. The Morgan fingerprint density at radius 2 is 1.79 bits per heavy atom. The first kappa shape index (κ1) is 18.8. The van der Waals surface area contributed by atoms with E-state index >= 15 is 0 Å². The number of piperazine rings is 1. The van der Waals surface area contributed by atoms with Crippen LogP contribution in [0.4, 0.5) is 0 Å². The van der Waals surface area contributed by atoms with Gasteiger partial charge in [-0.3, -0.25) is 4.79 Å². The van der Waals surface area contributed by atoms with Gasteiger partial charge in [0.2, 0.25) is 15.9 Å². The lowest BCUT2D eigenvalue weighted by molar-refractivity contribution is -0.150. The lowest BCUT2D eigenvalue weighted by Gasteiger charge is -2.54. The van der Waals surface area contributed by atoms with Gasteiger partial charge in [0.05, 0.1) is 17.0 Å². The smallest absolute Gasteiger partial charge is 0.244 e. The third-order valence-corrected chi connectivity index (χ3v) is 8.62. The lowest BCUT2D eigenvalue weighted by atomic mass is 9.79. The maximum absolute atomic E-state index is 13.7. The fourth-order valence-electron chi connectivity index (χ4n) is 5.40. The Labute approximate surface area is 172 Å². The summed E-state index contributed by atoms with van der Waals surface area (Å²) in [5.41, 5.74) is 4.41. The van der Waals surface area contributed by atoms with E-state index in [2.05, 4.69) is 25.1 Å². The summed E-state index contributed by atoms with van der Waals surface area (Å²) in [6.45, 7) is 4.61. The van der Waals surface area contributed by atoms with E-state index in [0.717, 1.165) is 36.0 Å². The standard InChI is InChI=1S/C23H26N2O3S/c1-15-5-3-6-18(13-15)29(27,28)25-20-7-4-8-21(25)23(26)24-12-11-17-10-9-16(2)14-19(17)22(20)24/h3,5-6,9-10,13-14,20-22H,4,7-8,11-12H2,1-2H3. The zero-order valence-corrected chi connectivity index (χ0v) is 17.7. The second kappa shape index (κ2) is 6.67. The van der Waals surface area contributed by atoms with Crippen molar-refractivity contribution in [3.63, 3.8) is 0 Å². The molecule has 29 heavy (non-hydrogen) atoms. The molecule has 3 aliphatic rings. The van der Waals surface area contributed by atoms with E-state index < -0.39 is 16.1 Å². The van der Waals surface area contributed by atoms with Crippen molar-refractivity contribution in [2.24, 2.45) is 0 Å². The van der Waals surface area contributed by atoms with Crippen LogP contribution in [0.5, 0.6) is 0 Å². The summed E-state index contributed by atoms with van der Waals surface area (Å²) >= 11 is 0. The molecular weight excluding hydrogens is 384 g/mol. The molecule has 0 aromatic heterocycles. The third-order valence-electron chi connectivity index (χ3n) is 6.69. The first-order valence-electron chi connectivity index (χ1n) is 10.4. The number of hydrogen-bond acceptors (Lipinski definition) is 3. The molecule has 3 atom stereocenters. The summed E-state index contributed by atoms with van der Waals surface area (Å²) in [5.74, 6) is -0.0330. The molecule has 2 aromatic carbocycles. The summed E-state index contributed by atoms with van der Waals surface area (Å²) in [6.07, 6.45) is 3.10. The van der Waals surface area contributed by atoms with Crippen LogP contribution in [-0.2, 0) is 21.2 Å². The zero-order chi connectivity index (χ0) is 20.3. The predicted molar refractivity (Wildman–Crippen MR) is 111 cm³/mol. The minimum absolute atomic E-state index is 0.0330. The van der Waals surface area contributed by atoms with Crippen LogP contribution >= 0.6 is 0 Å². The van der Waals surface area contributed by atoms with Gasteiger partial charge in [-0.1, -0.05) is 35.9 Å². The highest BCUT2D eigenvalue weighted by atomic mass is 32.2. The number of fused-ring (bicyclic) bond motifs is 6. The normalized spacial score (nSPS) is 26.8. The molecule has 3 aliphatic heterocycles. The van der Waals surface area contributed by atoms with Crippen LogP contribution in [0.3, 0.4) is 0 Å². The van der Waals surface area contributed by atoms with E-state index in [4.69, 9.17) is 0 Å². The first-order valence-corrected chi connectivity index (χ1v) is 11.8. The van der Waals surface area contributed by atoms with Gasteiger partial charge in [-0.05, 0) is 68.4 Å². The Morgan fingerprint density at radius 3 is 2.59 bits per heavy atom. The van der Waals surface area contributed by atoms with Gasteiger partial charge in [0, 0.05) is 6.54 Å². The Kier molecular flexibility index (Phi) is 4.33. The molecule has 1 amide bonds. The van der Waals surface area contributed by atoms with Gasteiger partial charge in [-0.15, -0.1) is 0 Å². The van der Waals surface area contributed by atoms with Gasteiger partial charge in [0.15, 0.2) is 0 Å². The molecule has 0 N–H and O–H groups in total. The fourth-order valence-corrected chi connectivity index (χ4v) is 7.33. The fraction of sp³-hybridized carbons (Fsp3) is 0.435. The van der Waals surface area contributed by atoms with Gasteiger partial charge in [-0.2, -0.15) is 4.31 Å². The number of hydrogen-bond donors (Lipinski definition) is 0. The van der Waals surface area contributed by atoms with E-state index in [9.17, 15) is 13.2 Å². The third kappa shape index (κ3) is 2.84. The number of carbonyl (C=O) groups excluding carboxylic acids is 1. The summed E-state index contributed by atoms with van der Waals surface area (Å²) in [4.78, 5) is 15.7.